The number of carbonyl (C=O) groups excluding carboxylic acids is 1. The molecule has 1 aromatic heterocycles. The summed E-state index contributed by atoms with van der Waals surface area (Å²) < 4.78 is 0.767. The molecule has 27 heavy (non-hydrogen) atoms. The number of aromatic nitrogens is 1. The SMILES string of the molecule is O=C1/C(=C\c2c[nH]c3ccccc23)SC(=S)N1C1C2CC3CC(C2)CC1C3. The summed E-state index contributed by atoms with van der Waals surface area (Å²) in [5.41, 5.74) is 2.16. The number of aromatic amines is 1. The van der Waals surface area contributed by atoms with E-state index in [2.05, 4.69) is 17.1 Å². The summed E-state index contributed by atoms with van der Waals surface area (Å²) in [7, 11) is 0. The normalized spacial score (nSPS) is 36.5. The summed E-state index contributed by atoms with van der Waals surface area (Å²) in [5, 5.41) is 1.15. The van der Waals surface area contributed by atoms with Gasteiger partial charge in [0.05, 0.1) is 4.91 Å². The summed E-state index contributed by atoms with van der Waals surface area (Å²) in [6.07, 6.45) is 10.6. The molecule has 0 radical (unpaired) electrons. The molecular weight excluding hydrogens is 372 g/mol. The first-order valence-corrected chi connectivity index (χ1v) is 11.2. The monoisotopic (exact) mass is 394 g/mol. The van der Waals surface area contributed by atoms with Crippen molar-refractivity contribution in [2.45, 2.75) is 38.1 Å². The fraction of sp³-hybridized carbons (Fsp3) is 0.455. The van der Waals surface area contributed by atoms with Gasteiger partial charge < -0.3 is 4.98 Å². The second-order valence-electron chi connectivity index (χ2n) is 8.76. The van der Waals surface area contributed by atoms with E-state index in [4.69, 9.17) is 12.2 Å². The van der Waals surface area contributed by atoms with Crippen molar-refractivity contribution >= 4 is 51.2 Å². The lowest BCUT2D eigenvalue weighted by Gasteiger charge is -2.56. The molecule has 0 spiro atoms. The maximum Gasteiger partial charge on any atom is 0.266 e. The number of rotatable bonds is 2. The molecule has 4 aliphatic carbocycles. The Balaban J connectivity index is 1.33. The first kappa shape index (κ1) is 16.4. The zero-order valence-electron chi connectivity index (χ0n) is 15.1. The molecule has 2 aromatic rings. The molecule has 1 amide bonds. The number of para-hydroxylation sites is 1. The van der Waals surface area contributed by atoms with Crippen LogP contribution in [0.15, 0.2) is 35.4 Å². The lowest BCUT2D eigenvalue weighted by atomic mass is 9.54. The molecule has 5 heteroatoms. The van der Waals surface area contributed by atoms with Crippen LogP contribution in [-0.4, -0.2) is 26.2 Å². The fourth-order valence-electron chi connectivity index (χ4n) is 6.41. The fourth-order valence-corrected chi connectivity index (χ4v) is 7.75. The van der Waals surface area contributed by atoms with Crippen molar-refractivity contribution < 1.29 is 4.79 Å². The molecule has 1 aromatic carbocycles. The van der Waals surface area contributed by atoms with Gasteiger partial charge in [-0.25, -0.2) is 0 Å². The van der Waals surface area contributed by atoms with Gasteiger partial charge in [0.1, 0.15) is 4.32 Å². The van der Waals surface area contributed by atoms with Gasteiger partial charge in [-0.05, 0) is 67.9 Å². The molecule has 1 aliphatic heterocycles. The Morgan fingerprint density at radius 2 is 1.78 bits per heavy atom. The lowest BCUT2D eigenvalue weighted by Crippen LogP contribution is -2.57. The van der Waals surface area contributed by atoms with E-state index in [1.165, 1.54) is 43.9 Å². The quantitative estimate of drug-likeness (QED) is 0.562. The highest BCUT2D eigenvalue weighted by atomic mass is 32.2. The Hall–Kier alpha value is -1.59. The highest BCUT2D eigenvalue weighted by Gasteiger charge is 2.53. The predicted octanol–water partition coefficient (Wildman–Crippen LogP) is 5.19. The number of nitrogens with one attached hydrogen (secondary N) is 1. The van der Waals surface area contributed by atoms with Crippen LogP contribution < -0.4 is 0 Å². The topological polar surface area (TPSA) is 36.1 Å². The van der Waals surface area contributed by atoms with Crippen LogP contribution >= 0.6 is 24.0 Å². The molecule has 3 nitrogen and oxygen atoms in total. The van der Waals surface area contributed by atoms with Gasteiger partial charge in [0.2, 0.25) is 0 Å². The highest BCUT2D eigenvalue weighted by molar-refractivity contribution is 8.26. The molecule has 2 heterocycles. The minimum Gasteiger partial charge on any atom is -0.361 e. The van der Waals surface area contributed by atoms with Crippen molar-refractivity contribution in [3.8, 4) is 0 Å². The van der Waals surface area contributed by atoms with E-state index in [9.17, 15) is 4.79 Å². The molecule has 5 fully saturated rings. The van der Waals surface area contributed by atoms with Gasteiger partial charge in [-0.1, -0.05) is 42.2 Å². The molecule has 4 saturated carbocycles. The standard InChI is InChI=1S/C22H22N2OS2/c25-21-19(10-16-11-23-18-4-2-1-3-17(16)18)27-22(26)24(21)20-14-6-12-5-13(8-14)9-15(20)7-12/h1-4,10-15,20,23H,5-9H2/b19-10+. The number of benzene rings is 1. The number of thiocarbonyl (C=S) groups is 1. The maximum atomic E-state index is 13.3. The Labute approximate surface area is 168 Å². The number of fused-ring (bicyclic) bond motifs is 1. The number of carbonyl (C=O) groups is 1. The summed E-state index contributed by atoms with van der Waals surface area (Å²) in [5.74, 6) is 3.27. The van der Waals surface area contributed by atoms with Crippen LogP contribution in [0.4, 0.5) is 0 Å². The smallest absolute Gasteiger partial charge is 0.266 e. The van der Waals surface area contributed by atoms with E-state index >= 15 is 0 Å². The van der Waals surface area contributed by atoms with Crippen LogP contribution in [0, 0.1) is 23.7 Å². The molecule has 0 atom stereocenters. The molecule has 1 saturated heterocycles. The third-order valence-electron chi connectivity index (χ3n) is 7.21. The second-order valence-corrected chi connectivity index (χ2v) is 10.4. The van der Waals surface area contributed by atoms with Crippen molar-refractivity contribution in [3.05, 3.63) is 40.9 Å². The molecule has 5 aliphatic rings. The minimum absolute atomic E-state index is 0.132. The average molecular weight is 395 g/mol. The third kappa shape index (κ3) is 2.47. The van der Waals surface area contributed by atoms with Crippen LogP contribution in [0.2, 0.25) is 0 Å². The van der Waals surface area contributed by atoms with Gasteiger partial charge in [0.25, 0.3) is 5.91 Å². The predicted molar refractivity (Wildman–Crippen MR) is 114 cm³/mol. The van der Waals surface area contributed by atoms with Gasteiger partial charge >= 0.3 is 0 Å². The van der Waals surface area contributed by atoms with E-state index in [1.54, 1.807) is 0 Å². The van der Waals surface area contributed by atoms with Crippen molar-refractivity contribution in [2.24, 2.45) is 23.7 Å². The maximum absolute atomic E-state index is 13.3. The minimum atomic E-state index is 0.132. The molecule has 7 rings (SSSR count). The Kier molecular flexibility index (Phi) is 3.61. The van der Waals surface area contributed by atoms with Crippen molar-refractivity contribution in [2.75, 3.05) is 0 Å². The van der Waals surface area contributed by atoms with E-state index in [-0.39, 0.29) is 5.91 Å². The van der Waals surface area contributed by atoms with Crippen LogP contribution in [0.3, 0.4) is 0 Å². The first-order valence-electron chi connectivity index (χ1n) is 10.0. The van der Waals surface area contributed by atoms with Crippen LogP contribution in [0.1, 0.15) is 37.7 Å². The van der Waals surface area contributed by atoms with Gasteiger partial charge in [0, 0.05) is 28.7 Å². The van der Waals surface area contributed by atoms with Crippen molar-refractivity contribution in [1.29, 1.82) is 0 Å². The van der Waals surface area contributed by atoms with Crippen molar-refractivity contribution in [1.82, 2.24) is 9.88 Å². The lowest BCUT2D eigenvalue weighted by molar-refractivity contribution is -0.130. The number of hydrogen-bond donors (Lipinski definition) is 1. The number of hydrogen-bond acceptors (Lipinski definition) is 3. The van der Waals surface area contributed by atoms with Crippen LogP contribution in [0.5, 0.6) is 0 Å². The summed E-state index contributed by atoms with van der Waals surface area (Å²) in [4.78, 5) is 19.4. The Morgan fingerprint density at radius 3 is 2.52 bits per heavy atom. The van der Waals surface area contributed by atoms with E-state index in [0.29, 0.717) is 17.9 Å². The van der Waals surface area contributed by atoms with Gasteiger partial charge in [-0.3, -0.25) is 9.69 Å². The summed E-state index contributed by atoms with van der Waals surface area (Å²) in [6.45, 7) is 0. The Bertz CT molecular complexity index is 963. The second kappa shape index (κ2) is 5.95. The molecule has 4 bridgehead atoms. The molecule has 0 unspecified atom stereocenters. The zero-order valence-corrected chi connectivity index (χ0v) is 16.7. The molecular formula is C22H22N2OS2. The summed E-state index contributed by atoms with van der Waals surface area (Å²) >= 11 is 7.19. The largest absolute Gasteiger partial charge is 0.361 e. The molecule has 1 N–H and O–H groups in total. The van der Waals surface area contributed by atoms with Crippen LogP contribution in [0.25, 0.3) is 17.0 Å². The molecule has 138 valence electrons. The highest BCUT2D eigenvalue weighted by Crippen LogP contribution is 2.56. The zero-order chi connectivity index (χ0) is 18.1. The number of H-pyrrole nitrogens is 1. The number of nitrogens with zero attached hydrogens (tertiary/aromatic N) is 1. The number of thioether (sulfide) groups is 1. The first-order chi connectivity index (χ1) is 13.2. The van der Waals surface area contributed by atoms with Crippen LogP contribution in [-0.2, 0) is 4.79 Å². The third-order valence-corrected chi connectivity index (χ3v) is 8.54. The Morgan fingerprint density at radius 1 is 1.07 bits per heavy atom. The van der Waals surface area contributed by atoms with E-state index in [1.807, 2.05) is 29.3 Å². The number of amides is 1. The average Bonchev–Trinajstić information content (AvgIpc) is 3.17. The summed E-state index contributed by atoms with van der Waals surface area (Å²) in [6, 6.07) is 8.56. The van der Waals surface area contributed by atoms with Crippen molar-refractivity contribution in [3.63, 3.8) is 0 Å². The van der Waals surface area contributed by atoms with Gasteiger partial charge in [-0.15, -0.1) is 0 Å². The van der Waals surface area contributed by atoms with E-state index < -0.39 is 0 Å². The van der Waals surface area contributed by atoms with Gasteiger partial charge in [-0.2, -0.15) is 0 Å². The van der Waals surface area contributed by atoms with E-state index in [0.717, 1.165) is 37.5 Å². The van der Waals surface area contributed by atoms with Gasteiger partial charge in [0.15, 0.2) is 0 Å².